The number of amides is 1. The van der Waals surface area contributed by atoms with Crippen molar-refractivity contribution in [2.45, 2.75) is 26.2 Å². The average Bonchev–Trinajstić information content (AvgIpc) is 2.38. The minimum atomic E-state index is -1.13. The highest BCUT2D eigenvalue weighted by Gasteiger charge is 2.29. The number of carboxylic acid groups (broad SMARTS) is 1. The maximum absolute atomic E-state index is 12.0. The molecule has 1 unspecified atom stereocenters. The van der Waals surface area contributed by atoms with E-state index < -0.39 is 17.8 Å². The molecule has 18 heavy (non-hydrogen) atoms. The van der Waals surface area contributed by atoms with E-state index in [4.69, 9.17) is 10.9 Å². The van der Waals surface area contributed by atoms with Crippen LogP contribution in [0, 0.1) is 5.92 Å². The molecule has 0 aromatic heterocycles. The molecule has 98 valence electrons. The van der Waals surface area contributed by atoms with Gasteiger partial charge in [0.25, 0.3) is 5.91 Å². The van der Waals surface area contributed by atoms with Crippen molar-refractivity contribution in [1.82, 2.24) is 0 Å². The van der Waals surface area contributed by atoms with Gasteiger partial charge in [0.15, 0.2) is 0 Å². The molecule has 1 amide bonds. The van der Waals surface area contributed by atoms with Gasteiger partial charge in [0, 0.05) is 0 Å². The largest absolute Gasteiger partial charge is 0.481 e. The minimum absolute atomic E-state index is 0.311. The number of carboxylic acids is 1. The van der Waals surface area contributed by atoms with Gasteiger partial charge < -0.3 is 5.11 Å². The van der Waals surface area contributed by atoms with Crippen LogP contribution >= 0.6 is 0 Å². The van der Waals surface area contributed by atoms with Gasteiger partial charge in [-0.2, -0.15) is 0 Å². The van der Waals surface area contributed by atoms with Gasteiger partial charge in [-0.25, -0.2) is 10.9 Å². The summed E-state index contributed by atoms with van der Waals surface area (Å²) in [5.74, 6) is 2.89. The van der Waals surface area contributed by atoms with Crippen LogP contribution < -0.4 is 10.9 Å². The lowest BCUT2D eigenvalue weighted by Crippen LogP contribution is -2.44. The summed E-state index contributed by atoms with van der Waals surface area (Å²) >= 11 is 0. The van der Waals surface area contributed by atoms with E-state index in [1.54, 1.807) is 30.3 Å². The normalized spacial score (nSPS) is 11.9. The number of hydrazine groups is 1. The first kappa shape index (κ1) is 14.2. The van der Waals surface area contributed by atoms with E-state index in [1.165, 1.54) is 0 Å². The van der Waals surface area contributed by atoms with Gasteiger partial charge in [-0.15, -0.1) is 0 Å². The predicted molar refractivity (Wildman–Crippen MR) is 68.8 cm³/mol. The minimum Gasteiger partial charge on any atom is -0.481 e. The zero-order valence-corrected chi connectivity index (χ0v) is 10.4. The number of hydrogen-bond acceptors (Lipinski definition) is 3. The van der Waals surface area contributed by atoms with Crippen LogP contribution in [0.25, 0.3) is 0 Å². The first-order valence-electron chi connectivity index (χ1n) is 5.94. The molecule has 0 saturated heterocycles. The molecular formula is C13H18N2O3. The van der Waals surface area contributed by atoms with Crippen molar-refractivity contribution in [2.75, 3.05) is 5.01 Å². The number of para-hydroxylation sites is 1. The summed E-state index contributed by atoms with van der Waals surface area (Å²) in [6.45, 7) is 1.95. The Kier molecular flexibility index (Phi) is 5.32. The number of carbonyl (C=O) groups is 2. The Balaban J connectivity index is 2.80. The van der Waals surface area contributed by atoms with Gasteiger partial charge in [-0.1, -0.05) is 38.0 Å². The second kappa shape index (κ2) is 6.76. The van der Waals surface area contributed by atoms with E-state index in [0.29, 0.717) is 18.5 Å². The van der Waals surface area contributed by atoms with Gasteiger partial charge in [0.2, 0.25) is 0 Å². The van der Waals surface area contributed by atoms with Gasteiger partial charge in [0.05, 0.1) is 5.69 Å². The molecule has 5 nitrogen and oxygen atoms in total. The summed E-state index contributed by atoms with van der Waals surface area (Å²) in [7, 11) is 0. The van der Waals surface area contributed by atoms with E-state index in [2.05, 4.69) is 0 Å². The first-order valence-corrected chi connectivity index (χ1v) is 5.94. The van der Waals surface area contributed by atoms with Crippen LogP contribution in [0.1, 0.15) is 26.2 Å². The summed E-state index contributed by atoms with van der Waals surface area (Å²) in [4.78, 5) is 23.1. The molecule has 0 heterocycles. The summed E-state index contributed by atoms with van der Waals surface area (Å²) in [6, 6.07) is 8.61. The Morgan fingerprint density at radius 2 is 1.94 bits per heavy atom. The number of unbranched alkanes of at least 4 members (excludes halogenated alkanes) is 1. The molecule has 0 bridgehead atoms. The van der Waals surface area contributed by atoms with E-state index in [9.17, 15) is 9.59 Å². The van der Waals surface area contributed by atoms with E-state index >= 15 is 0 Å². The van der Waals surface area contributed by atoms with Crippen LogP contribution in [0.2, 0.25) is 0 Å². The highest BCUT2D eigenvalue weighted by Crippen LogP contribution is 2.16. The fourth-order valence-corrected chi connectivity index (χ4v) is 1.64. The van der Waals surface area contributed by atoms with Crippen molar-refractivity contribution in [3.63, 3.8) is 0 Å². The highest BCUT2D eigenvalue weighted by molar-refractivity contribution is 6.04. The molecule has 5 heteroatoms. The van der Waals surface area contributed by atoms with Crippen LogP contribution in [0.4, 0.5) is 5.69 Å². The number of hydrogen-bond donors (Lipinski definition) is 2. The number of anilines is 1. The van der Waals surface area contributed by atoms with Crippen LogP contribution in [-0.4, -0.2) is 17.0 Å². The van der Waals surface area contributed by atoms with Crippen molar-refractivity contribution in [1.29, 1.82) is 0 Å². The molecule has 1 aromatic rings. The summed E-state index contributed by atoms with van der Waals surface area (Å²) in [5, 5.41) is 9.97. The Bertz CT molecular complexity index is 406. The lowest BCUT2D eigenvalue weighted by Gasteiger charge is -2.20. The van der Waals surface area contributed by atoms with Crippen LogP contribution in [0.15, 0.2) is 30.3 Å². The lowest BCUT2D eigenvalue weighted by atomic mass is 10.0. The molecule has 0 saturated carbocycles. The van der Waals surface area contributed by atoms with Crippen molar-refractivity contribution in [3.8, 4) is 0 Å². The zero-order chi connectivity index (χ0) is 13.5. The van der Waals surface area contributed by atoms with E-state index in [0.717, 1.165) is 11.4 Å². The van der Waals surface area contributed by atoms with Crippen LogP contribution in [-0.2, 0) is 9.59 Å². The van der Waals surface area contributed by atoms with E-state index in [-0.39, 0.29) is 0 Å². The summed E-state index contributed by atoms with van der Waals surface area (Å²) < 4.78 is 0. The topological polar surface area (TPSA) is 83.6 Å². The molecule has 0 aliphatic rings. The van der Waals surface area contributed by atoms with Gasteiger partial charge in [0.1, 0.15) is 5.92 Å². The quantitative estimate of drug-likeness (QED) is 0.349. The number of carbonyl (C=O) groups excluding carboxylic acids is 1. The smallest absolute Gasteiger partial charge is 0.316 e. The number of rotatable bonds is 6. The fraction of sp³-hybridized carbons (Fsp3) is 0.385. The SMILES string of the molecule is CCCCC(C(=O)O)C(=O)N(N)c1ccccc1. The maximum Gasteiger partial charge on any atom is 0.316 e. The van der Waals surface area contributed by atoms with Gasteiger partial charge >= 0.3 is 5.97 Å². The Labute approximate surface area is 106 Å². The van der Waals surface area contributed by atoms with Crippen LogP contribution in [0.5, 0.6) is 0 Å². The molecule has 0 radical (unpaired) electrons. The summed E-state index contributed by atoms with van der Waals surface area (Å²) in [6.07, 6.45) is 1.84. The van der Waals surface area contributed by atoms with E-state index in [1.807, 2.05) is 6.92 Å². The Hall–Kier alpha value is -1.88. The van der Waals surface area contributed by atoms with Crippen molar-refractivity contribution in [3.05, 3.63) is 30.3 Å². The Morgan fingerprint density at radius 3 is 2.44 bits per heavy atom. The average molecular weight is 250 g/mol. The number of aliphatic carboxylic acids is 1. The molecule has 0 fully saturated rings. The highest BCUT2D eigenvalue weighted by atomic mass is 16.4. The second-order valence-corrected chi connectivity index (χ2v) is 4.08. The summed E-state index contributed by atoms with van der Waals surface area (Å²) in [5.41, 5.74) is 0.491. The Morgan fingerprint density at radius 1 is 1.33 bits per heavy atom. The number of nitrogens with zero attached hydrogens (tertiary/aromatic N) is 1. The molecule has 0 spiro atoms. The molecular weight excluding hydrogens is 232 g/mol. The molecule has 3 N–H and O–H groups in total. The monoisotopic (exact) mass is 250 g/mol. The van der Waals surface area contributed by atoms with Gasteiger partial charge in [-0.05, 0) is 18.6 Å². The first-order chi connectivity index (χ1) is 8.57. The standard InChI is InChI=1S/C13H18N2O3/c1-2-3-9-11(13(17)18)12(16)15(14)10-7-5-4-6-8-10/h4-8,11H,2-3,9,14H2,1H3,(H,17,18). The van der Waals surface area contributed by atoms with Gasteiger partial charge in [-0.3, -0.25) is 9.59 Å². The van der Waals surface area contributed by atoms with Crippen LogP contribution in [0.3, 0.4) is 0 Å². The van der Waals surface area contributed by atoms with Crippen molar-refractivity contribution >= 4 is 17.6 Å². The fourth-order valence-electron chi connectivity index (χ4n) is 1.64. The van der Waals surface area contributed by atoms with Crippen molar-refractivity contribution < 1.29 is 14.7 Å². The third-order valence-corrected chi connectivity index (χ3v) is 2.71. The molecule has 0 aliphatic heterocycles. The zero-order valence-electron chi connectivity index (χ0n) is 10.4. The molecule has 1 atom stereocenters. The second-order valence-electron chi connectivity index (χ2n) is 4.08. The third-order valence-electron chi connectivity index (χ3n) is 2.71. The maximum atomic E-state index is 12.0. The van der Waals surface area contributed by atoms with Crippen molar-refractivity contribution in [2.24, 2.45) is 11.8 Å². The lowest BCUT2D eigenvalue weighted by molar-refractivity contribution is -0.146. The third kappa shape index (κ3) is 3.56. The molecule has 1 aromatic carbocycles. The molecule has 1 rings (SSSR count). The molecule has 0 aliphatic carbocycles. The predicted octanol–water partition coefficient (Wildman–Crippen LogP) is 1.78. The number of benzene rings is 1. The number of nitrogens with two attached hydrogens (primary N) is 1.